The van der Waals surface area contributed by atoms with Gasteiger partial charge in [0.25, 0.3) is 0 Å². The van der Waals surface area contributed by atoms with Gasteiger partial charge < -0.3 is 0 Å². The minimum Gasteiger partial charge on any atom is -0.297 e. The fourth-order valence-corrected chi connectivity index (χ4v) is 4.19. The van der Waals surface area contributed by atoms with Crippen molar-refractivity contribution < 1.29 is 0 Å². The van der Waals surface area contributed by atoms with Crippen LogP contribution in [-0.2, 0) is 19.3 Å². The van der Waals surface area contributed by atoms with Crippen LogP contribution in [0.3, 0.4) is 0 Å². The van der Waals surface area contributed by atoms with Crippen molar-refractivity contribution in [2.45, 2.75) is 33.1 Å². The van der Waals surface area contributed by atoms with Crippen LogP contribution >= 0.6 is 11.6 Å². The predicted octanol–water partition coefficient (Wildman–Crippen LogP) is 6.06. The van der Waals surface area contributed by atoms with Gasteiger partial charge in [0, 0.05) is 28.8 Å². The summed E-state index contributed by atoms with van der Waals surface area (Å²) in [5, 5.41) is 1.30. The zero-order valence-corrected chi connectivity index (χ0v) is 16.1. The highest BCUT2D eigenvalue weighted by atomic mass is 35.5. The number of alkyl halides is 1. The molecule has 0 aliphatic carbocycles. The molecule has 3 heteroatoms. The van der Waals surface area contributed by atoms with Crippen LogP contribution in [0.1, 0.15) is 30.8 Å². The lowest BCUT2D eigenvalue weighted by atomic mass is 10.00. The van der Waals surface area contributed by atoms with E-state index in [1.165, 1.54) is 33.1 Å². The zero-order chi connectivity index (χ0) is 18.1. The summed E-state index contributed by atoms with van der Waals surface area (Å²) in [6.45, 7) is 4.40. The zero-order valence-electron chi connectivity index (χ0n) is 15.3. The van der Waals surface area contributed by atoms with Crippen molar-refractivity contribution in [3.05, 3.63) is 71.5 Å². The molecule has 0 fully saturated rings. The fraction of sp³-hybridized carbons (Fsp3) is 0.261. The van der Waals surface area contributed by atoms with Crippen LogP contribution < -0.4 is 0 Å². The van der Waals surface area contributed by atoms with Crippen LogP contribution in [0.25, 0.3) is 27.7 Å². The van der Waals surface area contributed by atoms with E-state index in [1.54, 1.807) is 0 Å². The second-order valence-electron chi connectivity index (χ2n) is 6.55. The van der Waals surface area contributed by atoms with Crippen LogP contribution in [0.2, 0.25) is 0 Å². The maximum Gasteiger partial charge on any atom is 0.114 e. The third kappa shape index (κ3) is 2.60. The van der Waals surface area contributed by atoms with Gasteiger partial charge in [-0.05, 0) is 24.5 Å². The van der Waals surface area contributed by atoms with Gasteiger partial charge in [0.1, 0.15) is 5.82 Å². The van der Waals surface area contributed by atoms with Crippen molar-refractivity contribution in [3.8, 4) is 11.3 Å². The molecule has 0 aliphatic heterocycles. The molecule has 132 valence electrons. The highest BCUT2D eigenvalue weighted by Crippen LogP contribution is 2.35. The van der Waals surface area contributed by atoms with Crippen molar-refractivity contribution in [2.24, 2.45) is 0 Å². The molecule has 2 nitrogen and oxygen atoms in total. The molecule has 0 aliphatic rings. The van der Waals surface area contributed by atoms with Crippen molar-refractivity contribution in [3.63, 3.8) is 0 Å². The van der Waals surface area contributed by atoms with Gasteiger partial charge in [-0.25, -0.2) is 4.98 Å². The third-order valence-electron chi connectivity index (χ3n) is 5.11. The Balaban J connectivity index is 2.20. The largest absolute Gasteiger partial charge is 0.297 e. The molecule has 0 amide bonds. The molecule has 4 aromatic rings. The molecule has 0 spiro atoms. The molecule has 0 saturated carbocycles. The maximum atomic E-state index is 6.19. The lowest BCUT2D eigenvalue weighted by molar-refractivity contribution is 0.900. The number of aryl methyl sites for hydroxylation is 3. The minimum atomic E-state index is 0.622. The maximum absolute atomic E-state index is 6.19. The predicted molar refractivity (Wildman–Crippen MR) is 111 cm³/mol. The van der Waals surface area contributed by atoms with E-state index in [0.717, 1.165) is 30.8 Å². The molecule has 26 heavy (non-hydrogen) atoms. The Bertz CT molecular complexity index is 1060. The van der Waals surface area contributed by atoms with E-state index in [0.29, 0.717) is 5.88 Å². The molecule has 0 N–H and O–H groups in total. The van der Waals surface area contributed by atoms with Gasteiger partial charge in [0.15, 0.2) is 0 Å². The normalized spacial score (nSPS) is 11.5. The molecule has 0 saturated heterocycles. The first kappa shape index (κ1) is 17.1. The average Bonchev–Trinajstić information content (AvgIpc) is 3.02. The number of aromatic nitrogens is 2. The van der Waals surface area contributed by atoms with E-state index in [1.807, 2.05) is 0 Å². The number of fused-ring (bicyclic) bond motifs is 3. The average molecular weight is 363 g/mol. The summed E-state index contributed by atoms with van der Waals surface area (Å²) in [6, 6.07) is 19.2. The Morgan fingerprint density at radius 3 is 2.31 bits per heavy atom. The van der Waals surface area contributed by atoms with Crippen molar-refractivity contribution in [1.82, 2.24) is 9.38 Å². The van der Waals surface area contributed by atoms with Crippen LogP contribution in [0, 0.1) is 0 Å². The summed E-state index contributed by atoms with van der Waals surface area (Å²) in [6.07, 6.45) is 2.70. The summed E-state index contributed by atoms with van der Waals surface area (Å²) in [7, 11) is 0. The van der Waals surface area contributed by atoms with Gasteiger partial charge in [-0.15, -0.1) is 11.6 Å². The molecule has 0 bridgehead atoms. The fourth-order valence-electron chi connectivity index (χ4n) is 4.01. The van der Waals surface area contributed by atoms with Crippen LogP contribution in [0.5, 0.6) is 0 Å². The van der Waals surface area contributed by atoms with Gasteiger partial charge in [0.05, 0.1) is 16.7 Å². The molecule has 2 aromatic carbocycles. The number of hydrogen-bond acceptors (Lipinski definition) is 1. The van der Waals surface area contributed by atoms with E-state index in [2.05, 4.69) is 72.8 Å². The Labute approximate surface area is 159 Å². The molecule has 0 radical (unpaired) electrons. The number of benzene rings is 2. The molecule has 4 rings (SSSR count). The topological polar surface area (TPSA) is 17.3 Å². The number of rotatable bonds is 5. The van der Waals surface area contributed by atoms with Gasteiger partial charge in [-0.3, -0.25) is 4.40 Å². The second-order valence-corrected chi connectivity index (χ2v) is 6.92. The SMILES string of the molecule is CCc1c(-c2ccccc2)nc(CC)n2c1c(CCCl)c1ccccc12. The summed E-state index contributed by atoms with van der Waals surface area (Å²) >= 11 is 6.19. The third-order valence-corrected chi connectivity index (χ3v) is 5.30. The highest BCUT2D eigenvalue weighted by molar-refractivity contribution is 6.18. The van der Waals surface area contributed by atoms with Crippen LogP contribution in [-0.4, -0.2) is 15.3 Å². The Morgan fingerprint density at radius 2 is 1.62 bits per heavy atom. The van der Waals surface area contributed by atoms with Gasteiger partial charge in [0.2, 0.25) is 0 Å². The molecular weight excluding hydrogens is 340 g/mol. The molecule has 0 unspecified atom stereocenters. The summed E-state index contributed by atoms with van der Waals surface area (Å²) < 4.78 is 2.36. The number of hydrogen-bond donors (Lipinski definition) is 0. The van der Waals surface area contributed by atoms with Crippen molar-refractivity contribution >= 4 is 28.0 Å². The summed E-state index contributed by atoms with van der Waals surface area (Å²) in [5.41, 5.74) is 7.49. The van der Waals surface area contributed by atoms with Crippen molar-refractivity contribution in [1.29, 1.82) is 0 Å². The number of halogens is 1. The van der Waals surface area contributed by atoms with E-state index in [4.69, 9.17) is 16.6 Å². The Hall–Kier alpha value is -2.32. The molecule has 0 atom stereocenters. The minimum absolute atomic E-state index is 0.622. The van der Waals surface area contributed by atoms with E-state index >= 15 is 0 Å². The van der Waals surface area contributed by atoms with E-state index in [-0.39, 0.29) is 0 Å². The molecule has 2 aromatic heterocycles. The summed E-state index contributed by atoms with van der Waals surface area (Å²) in [5.74, 6) is 1.73. The standard InChI is InChI=1S/C23H23ClN2/c1-3-17-22(16-10-6-5-7-11-16)25-21(4-2)26-20-13-9-8-12-18(20)19(14-15-24)23(17)26/h5-13H,3-4,14-15H2,1-2H3. The van der Waals surface area contributed by atoms with E-state index < -0.39 is 0 Å². The molecule has 2 heterocycles. The molecular formula is C23H23ClN2. The van der Waals surface area contributed by atoms with Gasteiger partial charge in [-0.2, -0.15) is 0 Å². The van der Waals surface area contributed by atoms with Crippen LogP contribution in [0.15, 0.2) is 54.6 Å². The monoisotopic (exact) mass is 362 g/mol. The lowest BCUT2D eigenvalue weighted by Crippen LogP contribution is -2.06. The van der Waals surface area contributed by atoms with Gasteiger partial charge >= 0.3 is 0 Å². The first-order valence-electron chi connectivity index (χ1n) is 9.35. The number of nitrogens with zero attached hydrogens (tertiary/aromatic N) is 2. The smallest absolute Gasteiger partial charge is 0.114 e. The summed E-state index contributed by atoms with van der Waals surface area (Å²) in [4.78, 5) is 5.11. The first-order valence-corrected chi connectivity index (χ1v) is 9.88. The Morgan fingerprint density at radius 1 is 0.885 bits per heavy atom. The van der Waals surface area contributed by atoms with Gasteiger partial charge in [-0.1, -0.05) is 62.4 Å². The van der Waals surface area contributed by atoms with Crippen molar-refractivity contribution in [2.75, 3.05) is 5.88 Å². The lowest BCUT2D eigenvalue weighted by Gasteiger charge is -2.15. The second kappa shape index (κ2) is 7.13. The quantitative estimate of drug-likeness (QED) is 0.394. The number of para-hydroxylation sites is 1. The highest BCUT2D eigenvalue weighted by Gasteiger charge is 2.20. The Kier molecular flexibility index (Phi) is 4.69. The van der Waals surface area contributed by atoms with E-state index in [9.17, 15) is 0 Å². The van der Waals surface area contributed by atoms with Crippen LogP contribution in [0.4, 0.5) is 0 Å². The first-order chi connectivity index (χ1) is 12.8.